The monoisotopic (exact) mass is 486 g/mol. The SMILES string of the molecule is CN1CC(O)(C#Cc2ccc3c(c2)N(C)C(=O)C(NC(=O)c2n[nH]c(Cc4ccccc4)n2)CO3)C1. The molecule has 1 saturated heterocycles. The first-order chi connectivity index (χ1) is 17.3. The number of β-amino-alcohol motifs (C(OH)–C–C–N with tert-alkyl or cyclic N) is 1. The average Bonchev–Trinajstić information content (AvgIpc) is 3.29. The van der Waals surface area contributed by atoms with Crippen molar-refractivity contribution in [1.82, 2.24) is 25.4 Å². The highest BCUT2D eigenvalue weighted by Crippen LogP contribution is 2.31. The van der Waals surface area contributed by atoms with Crippen molar-refractivity contribution in [3.05, 3.63) is 71.3 Å². The maximum Gasteiger partial charge on any atom is 0.291 e. The molecule has 0 bridgehead atoms. The third kappa shape index (κ3) is 4.93. The summed E-state index contributed by atoms with van der Waals surface area (Å²) >= 11 is 0. The largest absolute Gasteiger partial charge is 0.489 e. The number of nitrogens with zero attached hydrogens (tertiary/aromatic N) is 4. The Morgan fingerprint density at radius 1 is 1.25 bits per heavy atom. The number of H-pyrrole nitrogens is 1. The minimum Gasteiger partial charge on any atom is -0.489 e. The lowest BCUT2D eigenvalue weighted by molar-refractivity contribution is -0.120. The van der Waals surface area contributed by atoms with Gasteiger partial charge in [-0.1, -0.05) is 42.2 Å². The predicted octanol–water partition coefficient (Wildman–Crippen LogP) is 0.577. The van der Waals surface area contributed by atoms with Crippen LogP contribution in [-0.2, 0) is 11.2 Å². The molecule has 0 aliphatic carbocycles. The Morgan fingerprint density at radius 3 is 2.78 bits per heavy atom. The van der Waals surface area contributed by atoms with Gasteiger partial charge >= 0.3 is 0 Å². The van der Waals surface area contributed by atoms with Gasteiger partial charge in [0, 0.05) is 32.1 Å². The number of anilines is 1. The molecule has 2 amide bonds. The van der Waals surface area contributed by atoms with Crippen molar-refractivity contribution in [1.29, 1.82) is 0 Å². The summed E-state index contributed by atoms with van der Waals surface area (Å²) in [4.78, 5) is 33.6. The Hall–Kier alpha value is -4.20. The summed E-state index contributed by atoms with van der Waals surface area (Å²) in [6.07, 6.45) is 0.504. The first-order valence-electron chi connectivity index (χ1n) is 11.5. The smallest absolute Gasteiger partial charge is 0.291 e. The zero-order valence-corrected chi connectivity index (χ0v) is 20.0. The summed E-state index contributed by atoms with van der Waals surface area (Å²) in [5, 5.41) is 19.8. The number of carbonyl (C=O) groups is 2. The fourth-order valence-corrected chi connectivity index (χ4v) is 4.28. The molecule has 1 fully saturated rings. The molecule has 0 radical (unpaired) electrons. The third-order valence-corrected chi connectivity index (χ3v) is 6.11. The number of fused-ring (bicyclic) bond motifs is 1. The Bertz CT molecular complexity index is 1350. The molecule has 0 spiro atoms. The second-order valence-electron chi connectivity index (χ2n) is 9.14. The quantitative estimate of drug-likeness (QED) is 0.461. The van der Waals surface area contributed by atoms with Crippen molar-refractivity contribution < 1.29 is 19.4 Å². The Balaban J connectivity index is 1.26. The maximum absolute atomic E-state index is 13.1. The topological polar surface area (TPSA) is 124 Å². The normalized spacial score (nSPS) is 18.7. The van der Waals surface area contributed by atoms with Crippen LogP contribution in [0.3, 0.4) is 0 Å². The van der Waals surface area contributed by atoms with Crippen LogP contribution in [0.4, 0.5) is 5.69 Å². The van der Waals surface area contributed by atoms with Gasteiger partial charge in [-0.05, 0) is 30.8 Å². The lowest BCUT2D eigenvalue weighted by Gasteiger charge is -2.40. The fraction of sp³-hybridized carbons (Fsp3) is 0.308. The van der Waals surface area contributed by atoms with Gasteiger partial charge in [0.05, 0.1) is 5.69 Å². The molecular formula is C26H26N6O4. The lowest BCUT2D eigenvalue weighted by atomic mass is 9.95. The maximum atomic E-state index is 13.1. The van der Waals surface area contributed by atoms with Crippen LogP contribution in [0, 0.1) is 11.8 Å². The van der Waals surface area contributed by atoms with E-state index in [-0.39, 0.29) is 18.3 Å². The first kappa shape index (κ1) is 23.5. The zero-order chi connectivity index (χ0) is 25.3. The van der Waals surface area contributed by atoms with Crippen LogP contribution in [0.25, 0.3) is 0 Å². The number of hydrogen-bond acceptors (Lipinski definition) is 7. The van der Waals surface area contributed by atoms with Gasteiger partial charge in [0.15, 0.2) is 5.60 Å². The van der Waals surface area contributed by atoms with Gasteiger partial charge in [-0.2, -0.15) is 0 Å². The van der Waals surface area contributed by atoms with Gasteiger partial charge < -0.3 is 20.1 Å². The number of likely N-dealkylation sites (tertiary alicyclic amines) is 1. The van der Waals surface area contributed by atoms with Gasteiger partial charge in [0.1, 0.15) is 24.2 Å². The summed E-state index contributed by atoms with van der Waals surface area (Å²) in [5.41, 5.74) is 1.19. The minimum absolute atomic E-state index is 0.0413. The Morgan fingerprint density at radius 2 is 2.03 bits per heavy atom. The molecule has 2 aliphatic heterocycles. The molecule has 1 unspecified atom stereocenters. The number of aromatic amines is 1. The highest BCUT2D eigenvalue weighted by atomic mass is 16.5. The van der Waals surface area contributed by atoms with Crippen LogP contribution in [0.15, 0.2) is 48.5 Å². The number of amides is 2. The summed E-state index contributed by atoms with van der Waals surface area (Å²) in [6.45, 7) is 0.944. The Kier molecular flexibility index (Phi) is 6.18. The summed E-state index contributed by atoms with van der Waals surface area (Å²) < 4.78 is 5.84. The molecule has 2 aliphatic rings. The van der Waals surface area contributed by atoms with Gasteiger partial charge in [-0.25, -0.2) is 4.98 Å². The number of benzene rings is 2. The van der Waals surface area contributed by atoms with E-state index in [1.165, 1.54) is 4.90 Å². The molecule has 0 saturated carbocycles. The third-order valence-electron chi connectivity index (χ3n) is 6.11. The van der Waals surface area contributed by atoms with Crippen molar-refractivity contribution in [3.8, 4) is 17.6 Å². The number of ether oxygens (including phenoxy) is 1. The van der Waals surface area contributed by atoms with Crippen LogP contribution in [0.5, 0.6) is 5.75 Å². The van der Waals surface area contributed by atoms with E-state index in [4.69, 9.17) is 4.74 Å². The van der Waals surface area contributed by atoms with E-state index in [1.54, 1.807) is 25.2 Å². The molecule has 1 atom stereocenters. The van der Waals surface area contributed by atoms with E-state index in [1.807, 2.05) is 42.3 Å². The zero-order valence-electron chi connectivity index (χ0n) is 20.0. The number of likely N-dealkylation sites (N-methyl/N-ethyl adjacent to an activating group) is 2. The van der Waals surface area contributed by atoms with Crippen LogP contribution in [0.2, 0.25) is 0 Å². The van der Waals surface area contributed by atoms with Gasteiger partial charge in [-0.15, -0.1) is 5.10 Å². The second kappa shape index (κ2) is 9.45. The lowest BCUT2D eigenvalue weighted by Crippen LogP contribution is -2.59. The van der Waals surface area contributed by atoms with Crippen molar-refractivity contribution in [3.63, 3.8) is 0 Å². The molecule has 1 aromatic heterocycles. The van der Waals surface area contributed by atoms with E-state index < -0.39 is 17.6 Å². The van der Waals surface area contributed by atoms with Crippen molar-refractivity contribution in [2.45, 2.75) is 18.1 Å². The summed E-state index contributed by atoms with van der Waals surface area (Å²) in [7, 11) is 3.53. The van der Waals surface area contributed by atoms with Gasteiger partial charge in [0.2, 0.25) is 5.82 Å². The summed E-state index contributed by atoms with van der Waals surface area (Å²) in [5.74, 6) is 5.98. The molecule has 3 heterocycles. The van der Waals surface area contributed by atoms with Gasteiger partial charge in [-0.3, -0.25) is 19.6 Å². The average molecular weight is 487 g/mol. The fourth-order valence-electron chi connectivity index (χ4n) is 4.28. The summed E-state index contributed by atoms with van der Waals surface area (Å²) in [6, 6.07) is 14.0. The second-order valence-corrected chi connectivity index (χ2v) is 9.14. The van der Waals surface area contributed by atoms with E-state index in [0.717, 1.165) is 5.56 Å². The predicted molar refractivity (Wildman–Crippen MR) is 132 cm³/mol. The molecule has 10 heteroatoms. The molecule has 2 aromatic carbocycles. The molecule has 10 nitrogen and oxygen atoms in total. The molecular weight excluding hydrogens is 460 g/mol. The molecule has 184 valence electrons. The van der Waals surface area contributed by atoms with Crippen molar-refractivity contribution in [2.75, 3.05) is 38.7 Å². The number of nitrogens with one attached hydrogen (secondary N) is 2. The van der Waals surface area contributed by atoms with E-state index in [2.05, 4.69) is 32.3 Å². The van der Waals surface area contributed by atoms with Crippen LogP contribution >= 0.6 is 0 Å². The van der Waals surface area contributed by atoms with Crippen molar-refractivity contribution >= 4 is 17.5 Å². The highest BCUT2D eigenvalue weighted by Gasteiger charge is 2.37. The molecule has 3 N–H and O–H groups in total. The first-order valence-corrected chi connectivity index (χ1v) is 11.5. The van der Waals surface area contributed by atoms with Crippen LogP contribution in [0.1, 0.15) is 27.6 Å². The van der Waals surface area contributed by atoms with E-state index >= 15 is 0 Å². The number of hydrogen-bond donors (Lipinski definition) is 3. The molecule has 5 rings (SSSR count). The number of rotatable bonds is 4. The standard InChI is InChI=1S/C26H26N6O4/c1-31-15-26(35,16-31)11-10-18-8-9-21-20(12-18)32(2)25(34)19(14-36-21)27-24(33)23-28-22(29-30-23)13-17-6-4-3-5-7-17/h3-9,12,19,35H,13-16H2,1-2H3,(H,27,33)(H,28,29,30). The number of aromatic nitrogens is 3. The number of carbonyl (C=O) groups excluding carboxylic acids is 2. The van der Waals surface area contributed by atoms with Crippen LogP contribution < -0.4 is 15.0 Å². The van der Waals surface area contributed by atoms with Crippen molar-refractivity contribution in [2.24, 2.45) is 0 Å². The van der Waals surface area contributed by atoms with E-state index in [0.29, 0.717) is 42.3 Å². The van der Waals surface area contributed by atoms with Gasteiger partial charge in [0.25, 0.3) is 11.8 Å². The minimum atomic E-state index is -1.02. The molecule has 3 aromatic rings. The molecule has 36 heavy (non-hydrogen) atoms. The van der Waals surface area contributed by atoms with Crippen LogP contribution in [-0.4, -0.2) is 82.4 Å². The number of aliphatic hydroxyl groups is 1. The Labute approximate surface area is 208 Å². The van der Waals surface area contributed by atoms with E-state index in [9.17, 15) is 14.7 Å². The highest BCUT2D eigenvalue weighted by molar-refractivity contribution is 6.02.